The molecule has 0 bridgehead atoms. The zero-order valence-corrected chi connectivity index (χ0v) is 13.8. The molecule has 1 aromatic rings. The van der Waals surface area contributed by atoms with Crippen LogP contribution in [0.15, 0.2) is 12.1 Å². The minimum atomic E-state index is -0.665. The van der Waals surface area contributed by atoms with Crippen molar-refractivity contribution in [3.63, 3.8) is 0 Å². The molecule has 0 aliphatic rings. The first-order chi connectivity index (χ1) is 10.4. The lowest BCUT2D eigenvalue weighted by molar-refractivity contribution is -0.953. The highest BCUT2D eigenvalue weighted by Crippen LogP contribution is 2.34. The van der Waals surface area contributed by atoms with E-state index in [-0.39, 0.29) is 5.75 Å². The summed E-state index contributed by atoms with van der Waals surface area (Å²) in [6, 6.07) is 2.96. The molecule has 0 aliphatic heterocycles. The second-order valence-electron chi connectivity index (χ2n) is 5.49. The Morgan fingerprint density at radius 1 is 1.23 bits per heavy atom. The van der Waals surface area contributed by atoms with Crippen molar-refractivity contribution in [2.75, 3.05) is 40.3 Å². The van der Waals surface area contributed by atoms with E-state index in [2.05, 4.69) is 13.8 Å². The maximum atomic E-state index is 11.8. The smallest absolute Gasteiger partial charge is 0.265 e. The monoisotopic (exact) mass is 312 g/mol. The van der Waals surface area contributed by atoms with Gasteiger partial charge in [-0.25, -0.2) is 0 Å². The lowest BCUT2D eigenvalue weighted by Gasteiger charge is -2.20. The maximum absolute atomic E-state index is 11.8. The molecule has 0 amide bonds. The average Bonchev–Trinajstić information content (AvgIpc) is 2.49. The van der Waals surface area contributed by atoms with E-state index in [4.69, 9.17) is 4.74 Å². The van der Waals surface area contributed by atoms with E-state index >= 15 is 0 Å². The fraction of sp³-hybridized carbons (Fsp3) is 0.600. The summed E-state index contributed by atoms with van der Waals surface area (Å²) in [5.41, 5.74) is 0.326. The second-order valence-corrected chi connectivity index (χ2v) is 5.49. The third-order valence-corrected chi connectivity index (χ3v) is 3.92. The van der Waals surface area contributed by atoms with Crippen LogP contribution in [-0.2, 0) is 6.54 Å². The number of nitrogens with one attached hydrogen (secondary N) is 2. The van der Waals surface area contributed by atoms with Crippen LogP contribution in [0.5, 0.6) is 11.5 Å². The normalized spacial score (nSPS) is 12.4. The van der Waals surface area contributed by atoms with Gasteiger partial charge in [-0.3, -0.25) is 10.1 Å². The van der Waals surface area contributed by atoms with Crippen LogP contribution in [0.2, 0.25) is 0 Å². The number of quaternary nitrogens is 2. The molecule has 0 saturated heterocycles. The Morgan fingerprint density at radius 3 is 2.36 bits per heavy atom. The Balaban J connectivity index is 2.80. The SMILES string of the molecule is CC[NH+](CC)CC[NH+](C)Cc1cc(OC)c([O-])c([N+](=O)[O-])c1. The molecular weight excluding hydrogens is 286 g/mol. The molecule has 7 heteroatoms. The highest BCUT2D eigenvalue weighted by molar-refractivity contribution is 5.56. The Kier molecular flexibility index (Phi) is 7.07. The van der Waals surface area contributed by atoms with Crippen molar-refractivity contribution in [2.24, 2.45) is 0 Å². The molecule has 1 aromatic carbocycles. The Labute approximate surface area is 131 Å². The van der Waals surface area contributed by atoms with Crippen LogP contribution >= 0.6 is 0 Å². The van der Waals surface area contributed by atoms with E-state index in [9.17, 15) is 15.2 Å². The lowest BCUT2D eigenvalue weighted by Crippen LogP contribution is -3.18. The standard InChI is InChI=1S/C15H25N3O4/c1-5-17(6-2)8-7-16(3)11-12-9-13(18(20)21)15(19)14(10-12)22-4/h9-10,19H,5-8,11H2,1-4H3/p+1. The molecule has 22 heavy (non-hydrogen) atoms. The molecule has 1 unspecified atom stereocenters. The van der Waals surface area contributed by atoms with E-state index < -0.39 is 16.4 Å². The molecule has 2 N–H and O–H groups in total. The first-order valence-electron chi connectivity index (χ1n) is 7.60. The summed E-state index contributed by atoms with van der Waals surface area (Å²) in [6.07, 6.45) is 0. The number of nitro benzene ring substituents is 1. The van der Waals surface area contributed by atoms with Crippen molar-refractivity contribution in [3.8, 4) is 11.5 Å². The van der Waals surface area contributed by atoms with E-state index in [1.807, 2.05) is 7.05 Å². The predicted molar refractivity (Wildman–Crippen MR) is 81.5 cm³/mol. The molecule has 0 spiro atoms. The molecule has 1 rings (SSSR count). The highest BCUT2D eigenvalue weighted by atomic mass is 16.6. The quantitative estimate of drug-likeness (QED) is 0.435. The van der Waals surface area contributed by atoms with E-state index in [0.29, 0.717) is 6.54 Å². The van der Waals surface area contributed by atoms with Crippen LogP contribution in [0.1, 0.15) is 19.4 Å². The van der Waals surface area contributed by atoms with Crippen molar-refractivity contribution < 1.29 is 24.6 Å². The second kappa shape index (κ2) is 8.55. The first-order valence-corrected chi connectivity index (χ1v) is 7.60. The summed E-state index contributed by atoms with van der Waals surface area (Å²) in [6.45, 7) is 9.15. The predicted octanol–water partition coefficient (Wildman–Crippen LogP) is -1.38. The number of ether oxygens (including phenoxy) is 1. The Morgan fingerprint density at radius 2 is 1.86 bits per heavy atom. The highest BCUT2D eigenvalue weighted by Gasteiger charge is 2.16. The minimum Gasteiger partial charge on any atom is -0.865 e. The van der Waals surface area contributed by atoms with Crippen molar-refractivity contribution >= 4 is 5.69 Å². The van der Waals surface area contributed by atoms with E-state index in [0.717, 1.165) is 31.7 Å². The molecular formula is C15H26N3O4+. The van der Waals surface area contributed by atoms with Crippen molar-refractivity contribution in [3.05, 3.63) is 27.8 Å². The molecule has 1 atom stereocenters. The summed E-state index contributed by atoms with van der Waals surface area (Å²) < 4.78 is 4.96. The molecule has 0 aliphatic carbocycles. The van der Waals surface area contributed by atoms with E-state index in [1.165, 1.54) is 23.0 Å². The van der Waals surface area contributed by atoms with Crippen LogP contribution in [-0.4, -0.2) is 45.3 Å². The van der Waals surface area contributed by atoms with Crippen molar-refractivity contribution in [2.45, 2.75) is 20.4 Å². The van der Waals surface area contributed by atoms with Gasteiger partial charge in [0.25, 0.3) is 5.69 Å². The fourth-order valence-electron chi connectivity index (χ4n) is 2.46. The molecule has 124 valence electrons. The Hall–Kier alpha value is -1.86. The van der Waals surface area contributed by atoms with Crippen molar-refractivity contribution in [1.82, 2.24) is 0 Å². The summed E-state index contributed by atoms with van der Waals surface area (Å²) in [5, 5.41) is 22.8. The number of benzene rings is 1. The number of hydrogen-bond acceptors (Lipinski definition) is 4. The first kappa shape index (κ1) is 18.2. The zero-order chi connectivity index (χ0) is 16.7. The Bertz CT molecular complexity index is 504. The van der Waals surface area contributed by atoms with Gasteiger partial charge in [0.1, 0.15) is 25.4 Å². The van der Waals surface area contributed by atoms with Crippen molar-refractivity contribution in [1.29, 1.82) is 0 Å². The largest absolute Gasteiger partial charge is 0.865 e. The van der Waals surface area contributed by atoms with Gasteiger partial charge in [0.05, 0.1) is 32.2 Å². The van der Waals surface area contributed by atoms with Gasteiger partial charge in [0.15, 0.2) is 0 Å². The zero-order valence-electron chi connectivity index (χ0n) is 13.8. The van der Waals surface area contributed by atoms with Gasteiger partial charge < -0.3 is 19.6 Å². The van der Waals surface area contributed by atoms with Gasteiger partial charge in [0, 0.05) is 17.4 Å². The third kappa shape index (κ3) is 4.85. The minimum absolute atomic E-state index is 0.0337. The summed E-state index contributed by atoms with van der Waals surface area (Å²) in [5.74, 6) is -0.632. The topological polar surface area (TPSA) is 84.3 Å². The summed E-state index contributed by atoms with van der Waals surface area (Å²) >= 11 is 0. The maximum Gasteiger partial charge on any atom is 0.265 e. The summed E-state index contributed by atoms with van der Waals surface area (Å²) in [7, 11) is 3.40. The fourth-order valence-corrected chi connectivity index (χ4v) is 2.46. The molecule has 0 heterocycles. The number of likely N-dealkylation sites (N-methyl/N-ethyl adjacent to an activating group) is 2. The van der Waals surface area contributed by atoms with Crippen LogP contribution in [0.4, 0.5) is 5.69 Å². The van der Waals surface area contributed by atoms with Gasteiger partial charge in [-0.2, -0.15) is 0 Å². The third-order valence-electron chi connectivity index (χ3n) is 3.92. The van der Waals surface area contributed by atoms with Crippen LogP contribution in [0.25, 0.3) is 0 Å². The summed E-state index contributed by atoms with van der Waals surface area (Å²) in [4.78, 5) is 13.1. The van der Waals surface area contributed by atoms with Crippen LogP contribution < -0.4 is 19.6 Å². The number of nitrogens with zero attached hydrogens (tertiary/aromatic N) is 1. The number of rotatable bonds is 9. The average molecular weight is 312 g/mol. The molecule has 7 nitrogen and oxygen atoms in total. The number of nitro groups is 1. The molecule has 0 fully saturated rings. The van der Waals surface area contributed by atoms with Gasteiger partial charge >= 0.3 is 0 Å². The lowest BCUT2D eigenvalue weighted by atomic mass is 10.1. The number of hydrogen-bond donors (Lipinski definition) is 2. The molecule has 0 aromatic heterocycles. The van der Waals surface area contributed by atoms with E-state index in [1.54, 1.807) is 6.07 Å². The van der Waals surface area contributed by atoms with Crippen LogP contribution in [0, 0.1) is 10.1 Å². The molecule has 0 radical (unpaired) electrons. The molecule has 0 saturated carbocycles. The van der Waals surface area contributed by atoms with Crippen LogP contribution in [0.3, 0.4) is 0 Å². The van der Waals surface area contributed by atoms with Gasteiger partial charge in [-0.1, -0.05) is 0 Å². The number of methoxy groups -OCH3 is 1. The van der Waals surface area contributed by atoms with Gasteiger partial charge in [0.2, 0.25) is 0 Å². The van der Waals surface area contributed by atoms with Gasteiger partial charge in [-0.15, -0.1) is 0 Å². The van der Waals surface area contributed by atoms with Gasteiger partial charge in [-0.05, 0) is 19.9 Å².